The summed E-state index contributed by atoms with van der Waals surface area (Å²) in [4.78, 5) is 16.8. The summed E-state index contributed by atoms with van der Waals surface area (Å²) in [7, 11) is 0. The van der Waals surface area contributed by atoms with Gasteiger partial charge in [0.1, 0.15) is 23.0 Å². The number of pyridine rings is 1. The Labute approximate surface area is 198 Å². The van der Waals surface area contributed by atoms with Gasteiger partial charge in [0.15, 0.2) is 0 Å². The summed E-state index contributed by atoms with van der Waals surface area (Å²) >= 11 is 6.22. The SMILES string of the molecule is CCn1ncc2cc(Cl)nc(C3OC3COC[C@@H](NC(=O)OC(C)(C)C)c3ccccc3)c21. The van der Waals surface area contributed by atoms with Gasteiger partial charge in [-0.2, -0.15) is 5.10 Å². The Balaban J connectivity index is 1.39. The first-order chi connectivity index (χ1) is 15.7. The maximum Gasteiger partial charge on any atom is 0.408 e. The zero-order chi connectivity index (χ0) is 23.6. The zero-order valence-electron chi connectivity index (χ0n) is 19.2. The number of hydrogen-bond donors (Lipinski definition) is 1. The maximum atomic E-state index is 12.3. The first kappa shape index (κ1) is 23.5. The molecule has 9 heteroatoms. The van der Waals surface area contributed by atoms with Gasteiger partial charge in [0.05, 0.1) is 36.7 Å². The number of fused-ring (bicyclic) bond motifs is 1. The van der Waals surface area contributed by atoms with Crippen molar-refractivity contribution in [3.63, 3.8) is 0 Å². The number of nitrogens with zero attached hydrogens (tertiary/aromatic N) is 3. The van der Waals surface area contributed by atoms with Gasteiger partial charge in [-0.1, -0.05) is 41.9 Å². The summed E-state index contributed by atoms with van der Waals surface area (Å²) < 4.78 is 19.1. The highest BCUT2D eigenvalue weighted by Crippen LogP contribution is 2.41. The molecule has 0 aliphatic carbocycles. The first-order valence-corrected chi connectivity index (χ1v) is 11.4. The van der Waals surface area contributed by atoms with Crippen LogP contribution in [0.3, 0.4) is 0 Å². The largest absolute Gasteiger partial charge is 0.444 e. The van der Waals surface area contributed by atoms with E-state index in [4.69, 9.17) is 25.8 Å². The second kappa shape index (κ2) is 9.67. The van der Waals surface area contributed by atoms with E-state index in [-0.39, 0.29) is 24.9 Å². The van der Waals surface area contributed by atoms with E-state index in [1.807, 2.05) is 62.7 Å². The van der Waals surface area contributed by atoms with Gasteiger partial charge in [0, 0.05) is 11.9 Å². The molecule has 1 N–H and O–H groups in total. The molecule has 3 aromatic rings. The van der Waals surface area contributed by atoms with Crippen molar-refractivity contribution >= 4 is 28.6 Å². The molecule has 8 nitrogen and oxygen atoms in total. The van der Waals surface area contributed by atoms with Crippen molar-refractivity contribution in [2.45, 2.75) is 58.1 Å². The van der Waals surface area contributed by atoms with Gasteiger partial charge in [-0.15, -0.1) is 0 Å². The van der Waals surface area contributed by atoms with Crippen LogP contribution in [0.4, 0.5) is 4.79 Å². The molecule has 0 saturated carbocycles. The second-order valence-corrected chi connectivity index (χ2v) is 9.36. The normalized spacial score (nSPS) is 18.8. The molecule has 3 heterocycles. The number of aromatic nitrogens is 3. The minimum atomic E-state index is -0.582. The van der Waals surface area contributed by atoms with Crippen molar-refractivity contribution in [1.82, 2.24) is 20.1 Å². The average Bonchev–Trinajstić information content (AvgIpc) is 3.41. The molecule has 0 spiro atoms. The molecule has 4 rings (SSSR count). The van der Waals surface area contributed by atoms with Crippen molar-refractivity contribution in [3.05, 3.63) is 59.0 Å². The van der Waals surface area contributed by atoms with Crippen LogP contribution in [-0.2, 0) is 20.8 Å². The van der Waals surface area contributed by atoms with Crippen LogP contribution in [0.2, 0.25) is 5.15 Å². The van der Waals surface area contributed by atoms with Gasteiger partial charge in [0.2, 0.25) is 0 Å². The fraction of sp³-hybridized carbons (Fsp3) is 0.458. The van der Waals surface area contributed by atoms with E-state index in [9.17, 15) is 4.79 Å². The quantitative estimate of drug-likeness (QED) is 0.373. The summed E-state index contributed by atoms with van der Waals surface area (Å²) in [6, 6.07) is 11.1. The number of ether oxygens (including phenoxy) is 3. The number of alkyl carbamates (subject to hydrolysis) is 1. The summed E-state index contributed by atoms with van der Waals surface area (Å²) in [5.41, 5.74) is 2.06. The third-order valence-electron chi connectivity index (χ3n) is 5.22. The number of carbonyl (C=O) groups excluding carboxylic acids is 1. The third-order valence-corrected chi connectivity index (χ3v) is 5.42. The highest BCUT2D eigenvalue weighted by molar-refractivity contribution is 6.30. The smallest absolute Gasteiger partial charge is 0.408 e. The lowest BCUT2D eigenvalue weighted by molar-refractivity contribution is 0.0430. The van der Waals surface area contributed by atoms with E-state index in [1.54, 1.807) is 12.3 Å². The van der Waals surface area contributed by atoms with Crippen molar-refractivity contribution in [2.75, 3.05) is 13.2 Å². The molecule has 1 fully saturated rings. The molecular formula is C24H29ClN4O4. The molecular weight excluding hydrogens is 444 g/mol. The van der Waals surface area contributed by atoms with E-state index in [2.05, 4.69) is 15.4 Å². The number of halogens is 1. The first-order valence-electron chi connectivity index (χ1n) is 11.0. The second-order valence-electron chi connectivity index (χ2n) is 8.97. The van der Waals surface area contributed by atoms with Crippen molar-refractivity contribution < 1.29 is 19.0 Å². The van der Waals surface area contributed by atoms with Crippen LogP contribution in [0.1, 0.15) is 51.1 Å². The Morgan fingerprint density at radius 3 is 2.76 bits per heavy atom. The van der Waals surface area contributed by atoms with Gasteiger partial charge in [0.25, 0.3) is 0 Å². The van der Waals surface area contributed by atoms with Gasteiger partial charge >= 0.3 is 6.09 Å². The predicted octanol–water partition coefficient (Wildman–Crippen LogP) is 4.83. The Morgan fingerprint density at radius 1 is 1.30 bits per heavy atom. The molecule has 1 aliphatic rings. The van der Waals surface area contributed by atoms with Crippen LogP contribution < -0.4 is 5.32 Å². The standard InChI is InChI=1S/C24H29ClN4O4/c1-5-29-21-16(12-26-29)11-19(25)28-20(21)22-18(32-22)14-31-13-17(15-9-7-6-8-10-15)27-23(30)33-24(2,3)4/h6-12,17-18,22H,5,13-14H2,1-4H3,(H,27,30)/t17-,18?,22?/m1/s1. The average molecular weight is 473 g/mol. The summed E-state index contributed by atoms with van der Waals surface area (Å²) in [5, 5.41) is 8.65. The maximum absolute atomic E-state index is 12.3. The van der Waals surface area contributed by atoms with E-state index in [1.165, 1.54) is 0 Å². The van der Waals surface area contributed by atoms with Crippen molar-refractivity contribution in [2.24, 2.45) is 0 Å². The van der Waals surface area contributed by atoms with E-state index < -0.39 is 11.7 Å². The van der Waals surface area contributed by atoms with E-state index >= 15 is 0 Å². The molecule has 3 atom stereocenters. The van der Waals surface area contributed by atoms with Crippen LogP contribution in [0, 0.1) is 0 Å². The Hall–Kier alpha value is -2.68. The molecule has 0 radical (unpaired) electrons. The van der Waals surface area contributed by atoms with Crippen LogP contribution in [0.25, 0.3) is 10.9 Å². The molecule has 2 unspecified atom stereocenters. The van der Waals surface area contributed by atoms with Crippen molar-refractivity contribution in [1.29, 1.82) is 0 Å². The summed E-state index contributed by atoms with van der Waals surface area (Å²) in [5.74, 6) is 0. The number of amides is 1. The number of hydrogen-bond acceptors (Lipinski definition) is 6. The van der Waals surface area contributed by atoms with E-state index in [0.717, 1.165) is 28.7 Å². The Kier molecular flexibility index (Phi) is 6.88. The van der Waals surface area contributed by atoms with Crippen LogP contribution in [0.5, 0.6) is 0 Å². The van der Waals surface area contributed by atoms with Gasteiger partial charge in [-0.05, 0) is 39.3 Å². The third kappa shape index (κ3) is 5.82. The summed E-state index contributed by atoms with van der Waals surface area (Å²) in [6.45, 7) is 8.88. The van der Waals surface area contributed by atoms with Crippen molar-refractivity contribution in [3.8, 4) is 0 Å². The number of aryl methyl sites for hydroxylation is 1. The molecule has 2 aromatic heterocycles. The number of benzene rings is 1. The number of nitrogens with one attached hydrogen (secondary N) is 1. The summed E-state index contributed by atoms with van der Waals surface area (Å²) in [6.07, 6.45) is 0.953. The molecule has 33 heavy (non-hydrogen) atoms. The number of rotatable bonds is 8. The molecule has 1 aromatic carbocycles. The lowest BCUT2D eigenvalue weighted by atomic mass is 10.1. The van der Waals surface area contributed by atoms with Crippen LogP contribution in [-0.4, -0.2) is 45.8 Å². The number of carbonyl (C=O) groups is 1. The monoisotopic (exact) mass is 472 g/mol. The van der Waals surface area contributed by atoms with Gasteiger partial charge < -0.3 is 19.5 Å². The Bertz CT molecular complexity index is 1110. The molecule has 176 valence electrons. The fourth-order valence-corrected chi connectivity index (χ4v) is 3.93. The lowest BCUT2D eigenvalue weighted by Gasteiger charge is -2.24. The van der Waals surface area contributed by atoms with Crippen LogP contribution in [0.15, 0.2) is 42.6 Å². The highest BCUT2D eigenvalue weighted by Gasteiger charge is 2.43. The van der Waals surface area contributed by atoms with E-state index in [0.29, 0.717) is 11.8 Å². The minimum absolute atomic E-state index is 0.141. The van der Waals surface area contributed by atoms with Crippen LogP contribution >= 0.6 is 11.6 Å². The van der Waals surface area contributed by atoms with Gasteiger partial charge in [-0.3, -0.25) is 4.68 Å². The molecule has 1 amide bonds. The zero-order valence-corrected chi connectivity index (χ0v) is 20.0. The molecule has 0 bridgehead atoms. The topological polar surface area (TPSA) is 90.8 Å². The Morgan fingerprint density at radius 2 is 2.06 bits per heavy atom. The fourth-order valence-electron chi connectivity index (χ4n) is 3.72. The minimum Gasteiger partial charge on any atom is -0.444 e. The molecule has 1 aliphatic heterocycles. The molecule has 1 saturated heterocycles. The highest BCUT2D eigenvalue weighted by atomic mass is 35.5. The predicted molar refractivity (Wildman–Crippen MR) is 125 cm³/mol. The number of epoxide rings is 1. The lowest BCUT2D eigenvalue weighted by Crippen LogP contribution is -2.36. The van der Waals surface area contributed by atoms with Gasteiger partial charge in [-0.25, -0.2) is 9.78 Å².